The summed E-state index contributed by atoms with van der Waals surface area (Å²) < 4.78 is 0. The zero-order valence-corrected chi connectivity index (χ0v) is 17.0. The van der Waals surface area contributed by atoms with E-state index >= 15 is 0 Å². The summed E-state index contributed by atoms with van der Waals surface area (Å²) in [7, 11) is 0. The van der Waals surface area contributed by atoms with Gasteiger partial charge in [-0.15, -0.1) is 0 Å². The molecule has 1 aliphatic rings. The van der Waals surface area contributed by atoms with Crippen LogP contribution in [0.3, 0.4) is 0 Å². The van der Waals surface area contributed by atoms with E-state index in [1.165, 1.54) is 51.8 Å². The maximum Gasteiger partial charge on any atom is -0.0100 e. The van der Waals surface area contributed by atoms with Gasteiger partial charge in [0.25, 0.3) is 0 Å². The van der Waals surface area contributed by atoms with Crippen LogP contribution in [0.2, 0.25) is 0 Å². The van der Waals surface area contributed by atoms with Crippen LogP contribution < -0.4 is 0 Å². The lowest BCUT2D eigenvalue weighted by atomic mass is 9.63. The van der Waals surface area contributed by atoms with Crippen molar-refractivity contribution < 1.29 is 0 Å². The van der Waals surface area contributed by atoms with E-state index in [1.807, 2.05) is 0 Å². The lowest BCUT2D eigenvalue weighted by Gasteiger charge is -2.42. The molecule has 0 N–H and O–H groups in total. The maximum absolute atomic E-state index is 2.43. The fraction of sp³-hybridized carbons (Fsp3) is 0.440. The monoisotopic (exact) mass is 332 g/mol. The number of benzene rings is 2. The molecule has 0 spiro atoms. The Morgan fingerprint density at radius 3 is 1.96 bits per heavy atom. The summed E-state index contributed by atoms with van der Waals surface area (Å²) in [5.41, 5.74) is 10.3. The minimum atomic E-state index is 0.266. The van der Waals surface area contributed by atoms with Gasteiger partial charge in [-0.3, -0.25) is 0 Å². The van der Waals surface area contributed by atoms with Gasteiger partial charge in [-0.2, -0.15) is 0 Å². The van der Waals surface area contributed by atoms with Gasteiger partial charge in [0, 0.05) is 0 Å². The van der Waals surface area contributed by atoms with Crippen LogP contribution in [0.25, 0.3) is 11.6 Å². The first-order chi connectivity index (χ1) is 11.6. The Morgan fingerprint density at radius 1 is 0.800 bits per heavy atom. The minimum absolute atomic E-state index is 0.266. The van der Waals surface area contributed by atoms with Crippen molar-refractivity contribution in [2.24, 2.45) is 0 Å². The second-order valence-corrected chi connectivity index (χ2v) is 9.28. The first-order valence-electron chi connectivity index (χ1n) is 9.50. The molecule has 0 unspecified atom stereocenters. The summed E-state index contributed by atoms with van der Waals surface area (Å²) in [6.45, 7) is 16.1. The quantitative estimate of drug-likeness (QED) is 0.509. The lowest BCUT2D eigenvalue weighted by Crippen LogP contribution is -2.33. The molecule has 0 saturated heterocycles. The molecule has 0 nitrogen and oxygen atoms in total. The van der Waals surface area contributed by atoms with Crippen LogP contribution >= 0.6 is 0 Å². The number of fused-ring (bicyclic) bond motifs is 1. The topological polar surface area (TPSA) is 0 Å². The highest BCUT2D eigenvalue weighted by Crippen LogP contribution is 2.46. The normalized spacial score (nSPS) is 18.8. The van der Waals surface area contributed by atoms with Crippen molar-refractivity contribution >= 4 is 11.6 Å². The van der Waals surface area contributed by atoms with Crippen molar-refractivity contribution in [3.63, 3.8) is 0 Å². The summed E-state index contributed by atoms with van der Waals surface area (Å²) >= 11 is 0. The average molecular weight is 333 g/mol. The number of hydrogen-bond acceptors (Lipinski definition) is 0. The predicted molar refractivity (Wildman–Crippen MR) is 111 cm³/mol. The number of hydrogen-bond donors (Lipinski definition) is 0. The molecule has 0 atom stereocenters. The Labute approximate surface area is 154 Å². The molecule has 25 heavy (non-hydrogen) atoms. The second-order valence-electron chi connectivity index (χ2n) is 9.28. The third-order valence-corrected chi connectivity index (χ3v) is 5.94. The molecule has 0 heteroatoms. The molecule has 0 bridgehead atoms. The Hall–Kier alpha value is -1.82. The van der Waals surface area contributed by atoms with E-state index in [4.69, 9.17) is 0 Å². The van der Waals surface area contributed by atoms with Gasteiger partial charge in [-0.1, -0.05) is 81.3 Å². The highest BCUT2D eigenvalue weighted by molar-refractivity contribution is 5.81. The highest BCUT2D eigenvalue weighted by Gasteiger charge is 2.36. The van der Waals surface area contributed by atoms with Crippen LogP contribution in [0.15, 0.2) is 36.4 Å². The van der Waals surface area contributed by atoms with E-state index in [2.05, 4.69) is 90.9 Å². The smallest absolute Gasteiger partial charge is 0.0100 e. The molecule has 1 aliphatic carbocycles. The van der Waals surface area contributed by atoms with Crippen LogP contribution in [-0.4, -0.2) is 0 Å². The third-order valence-electron chi connectivity index (χ3n) is 5.94. The van der Waals surface area contributed by atoms with Gasteiger partial charge in [0.05, 0.1) is 0 Å². The highest BCUT2D eigenvalue weighted by atomic mass is 14.4. The zero-order valence-electron chi connectivity index (χ0n) is 17.0. The minimum Gasteiger partial charge on any atom is -0.0576 e. The van der Waals surface area contributed by atoms with Gasteiger partial charge in [0.15, 0.2) is 0 Å². The van der Waals surface area contributed by atoms with Gasteiger partial charge in [0.2, 0.25) is 0 Å². The van der Waals surface area contributed by atoms with Gasteiger partial charge in [-0.05, 0) is 72.3 Å². The summed E-state index contributed by atoms with van der Waals surface area (Å²) in [4.78, 5) is 0. The molecule has 132 valence electrons. The van der Waals surface area contributed by atoms with E-state index < -0.39 is 0 Å². The molecule has 0 saturated carbocycles. The number of allylic oxidation sites excluding steroid dienone is 1. The fourth-order valence-electron chi connectivity index (χ4n) is 4.23. The van der Waals surface area contributed by atoms with Crippen molar-refractivity contribution in [3.8, 4) is 0 Å². The number of rotatable bonds is 2. The second kappa shape index (κ2) is 6.16. The SMILES string of the molecule is CC(=Cc1ccc2c(c1)C(C)(C)CCC2(C)C)c1cc(C)cc(C)c1. The van der Waals surface area contributed by atoms with Gasteiger partial charge < -0.3 is 0 Å². The van der Waals surface area contributed by atoms with Gasteiger partial charge in [-0.25, -0.2) is 0 Å². The third kappa shape index (κ3) is 3.59. The van der Waals surface area contributed by atoms with Crippen molar-refractivity contribution in [1.29, 1.82) is 0 Å². The van der Waals surface area contributed by atoms with E-state index in [1.54, 1.807) is 0 Å². The van der Waals surface area contributed by atoms with Crippen LogP contribution in [0.5, 0.6) is 0 Å². The molecule has 0 radical (unpaired) electrons. The predicted octanol–water partition coefficient (Wildman–Crippen LogP) is 7.21. The van der Waals surface area contributed by atoms with Crippen molar-refractivity contribution in [1.82, 2.24) is 0 Å². The van der Waals surface area contributed by atoms with Crippen molar-refractivity contribution in [3.05, 3.63) is 69.8 Å². The molecular weight excluding hydrogens is 300 g/mol. The summed E-state index contributed by atoms with van der Waals surface area (Å²) in [6.07, 6.45) is 4.87. The van der Waals surface area contributed by atoms with E-state index in [9.17, 15) is 0 Å². The molecule has 2 aromatic carbocycles. The van der Waals surface area contributed by atoms with Crippen LogP contribution in [0.4, 0.5) is 0 Å². The zero-order chi connectivity index (χ0) is 18.4. The first kappa shape index (κ1) is 18.0. The maximum atomic E-state index is 2.43. The van der Waals surface area contributed by atoms with Gasteiger partial charge >= 0.3 is 0 Å². The molecule has 2 aromatic rings. The molecule has 0 heterocycles. The molecule has 0 fully saturated rings. The lowest BCUT2D eigenvalue weighted by molar-refractivity contribution is 0.332. The Morgan fingerprint density at radius 2 is 1.36 bits per heavy atom. The number of aryl methyl sites for hydroxylation is 2. The van der Waals surface area contributed by atoms with Crippen molar-refractivity contribution in [2.45, 2.75) is 72.1 Å². The molecule has 0 aromatic heterocycles. The van der Waals surface area contributed by atoms with Gasteiger partial charge in [0.1, 0.15) is 0 Å². The van der Waals surface area contributed by atoms with Crippen LogP contribution in [0.1, 0.15) is 80.8 Å². The summed E-state index contributed by atoms with van der Waals surface area (Å²) in [6, 6.07) is 13.9. The standard InChI is InChI=1S/C25H32/c1-17-12-18(2)14-21(13-17)19(3)15-20-8-9-22-23(16-20)25(6,7)11-10-24(22,4)5/h8-9,12-16H,10-11H2,1-7H3. The first-order valence-corrected chi connectivity index (χ1v) is 9.50. The van der Waals surface area contributed by atoms with Crippen LogP contribution in [-0.2, 0) is 10.8 Å². The molecule has 0 aliphatic heterocycles. The largest absolute Gasteiger partial charge is 0.0576 e. The molecule has 0 amide bonds. The fourth-order valence-corrected chi connectivity index (χ4v) is 4.23. The van der Waals surface area contributed by atoms with Crippen molar-refractivity contribution in [2.75, 3.05) is 0 Å². The van der Waals surface area contributed by atoms with E-state index in [-0.39, 0.29) is 10.8 Å². The molecule has 3 rings (SSSR count). The summed E-state index contributed by atoms with van der Waals surface area (Å²) in [5, 5.41) is 0. The average Bonchev–Trinajstić information content (AvgIpc) is 2.51. The Balaban J connectivity index is 2.04. The Kier molecular flexibility index (Phi) is 4.43. The van der Waals surface area contributed by atoms with Crippen LogP contribution in [0, 0.1) is 13.8 Å². The van der Waals surface area contributed by atoms with E-state index in [0.29, 0.717) is 0 Å². The van der Waals surface area contributed by atoms with E-state index in [0.717, 1.165) is 0 Å². The Bertz CT molecular complexity index is 811. The molecular formula is C25H32. The summed E-state index contributed by atoms with van der Waals surface area (Å²) in [5.74, 6) is 0.